The molecule has 2 rings (SSSR count). The van der Waals surface area contributed by atoms with Crippen molar-refractivity contribution in [2.24, 2.45) is 9.98 Å². The van der Waals surface area contributed by atoms with Crippen molar-refractivity contribution in [1.29, 1.82) is 0 Å². The molecule has 0 atom stereocenters. The van der Waals surface area contributed by atoms with Crippen LogP contribution < -0.4 is 0 Å². The molecule has 13 heavy (non-hydrogen) atoms. The standard InChI is InChI=1S/C10H8N2O/c13-9-5-1-3-8-4-2-6-11-7-12-10(8)9/h1-2,4-7H,3H2. The lowest BCUT2D eigenvalue weighted by Crippen LogP contribution is -2.18. The van der Waals surface area contributed by atoms with E-state index in [1.54, 1.807) is 12.3 Å². The van der Waals surface area contributed by atoms with Crippen LogP contribution in [0.1, 0.15) is 6.42 Å². The highest BCUT2D eigenvalue weighted by Crippen LogP contribution is 2.13. The van der Waals surface area contributed by atoms with Crippen LogP contribution in [0.15, 0.2) is 46.1 Å². The van der Waals surface area contributed by atoms with E-state index in [0.717, 1.165) is 12.0 Å². The molecule has 1 aliphatic carbocycles. The monoisotopic (exact) mass is 172 g/mol. The summed E-state index contributed by atoms with van der Waals surface area (Å²) in [5, 5.41) is 0. The molecule has 0 N–H and O–H groups in total. The smallest absolute Gasteiger partial charge is 0.204 e. The van der Waals surface area contributed by atoms with E-state index in [1.165, 1.54) is 6.34 Å². The van der Waals surface area contributed by atoms with E-state index in [9.17, 15) is 4.79 Å². The maximum Gasteiger partial charge on any atom is 0.204 e. The fourth-order valence-corrected chi connectivity index (χ4v) is 1.26. The van der Waals surface area contributed by atoms with Crippen LogP contribution in [0, 0.1) is 0 Å². The number of carbonyl (C=O) groups is 1. The van der Waals surface area contributed by atoms with Gasteiger partial charge in [0.05, 0.1) is 0 Å². The van der Waals surface area contributed by atoms with Gasteiger partial charge in [0.2, 0.25) is 5.78 Å². The maximum atomic E-state index is 11.3. The highest BCUT2D eigenvalue weighted by atomic mass is 16.1. The lowest BCUT2D eigenvalue weighted by molar-refractivity contribution is -0.108. The first kappa shape index (κ1) is 7.86. The van der Waals surface area contributed by atoms with Crippen LogP contribution in [-0.4, -0.2) is 17.8 Å². The van der Waals surface area contributed by atoms with Gasteiger partial charge in [-0.05, 0) is 24.1 Å². The number of hydrogen-bond donors (Lipinski definition) is 0. The minimum atomic E-state index is -0.0424. The summed E-state index contributed by atoms with van der Waals surface area (Å²) in [6.45, 7) is 0. The first-order chi connectivity index (χ1) is 6.38. The number of aliphatic imine (C=N–C) groups is 2. The number of hydrogen-bond acceptors (Lipinski definition) is 3. The summed E-state index contributed by atoms with van der Waals surface area (Å²) in [6, 6.07) is 0. The van der Waals surface area contributed by atoms with E-state index >= 15 is 0 Å². The molecule has 64 valence electrons. The number of ketones is 1. The van der Waals surface area contributed by atoms with E-state index in [2.05, 4.69) is 9.98 Å². The summed E-state index contributed by atoms with van der Waals surface area (Å²) < 4.78 is 0. The lowest BCUT2D eigenvalue weighted by atomic mass is 9.97. The van der Waals surface area contributed by atoms with Crippen molar-refractivity contribution in [3.8, 4) is 0 Å². The number of rotatable bonds is 0. The van der Waals surface area contributed by atoms with Gasteiger partial charge in [-0.3, -0.25) is 4.79 Å². The van der Waals surface area contributed by atoms with Crippen molar-refractivity contribution in [2.45, 2.75) is 6.42 Å². The van der Waals surface area contributed by atoms with Crippen molar-refractivity contribution in [3.63, 3.8) is 0 Å². The zero-order valence-corrected chi connectivity index (χ0v) is 6.97. The van der Waals surface area contributed by atoms with Gasteiger partial charge in [-0.15, -0.1) is 0 Å². The van der Waals surface area contributed by atoms with Crippen LogP contribution in [0.2, 0.25) is 0 Å². The molecule has 0 saturated heterocycles. The van der Waals surface area contributed by atoms with Gasteiger partial charge in [0.1, 0.15) is 12.1 Å². The largest absolute Gasteiger partial charge is 0.288 e. The molecule has 0 radical (unpaired) electrons. The van der Waals surface area contributed by atoms with E-state index in [-0.39, 0.29) is 5.78 Å². The summed E-state index contributed by atoms with van der Waals surface area (Å²) in [5.41, 5.74) is 1.46. The zero-order valence-electron chi connectivity index (χ0n) is 6.97. The third-order valence-electron chi connectivity index (χ3n) is 1.87. The molecule has 3 nitrogen and oxygen atoms in total. The van der Waals surface area contributed by atoms with Gasteiger partial charge < -0.3 is 0 Å². The molecule has 0 saturated carbocycles. The Balaban J connectivity index is 2.47. The van der Waals surface area contributed by atoms with Crippen LogP contribution in [-0.2, 0) is 4.79 Å². The van der Waals surface area contributed by atoms with Crippen molar-refractivity contribution in [1.82, 2.24) is 0 Å². The highest BCUT2D eigenvalue weighted by Gasteiger charge is 2.16. The van der Waals surface area contributed by atoms with Crippen molar-refractivity contribution in [3.05, 3.63) is 36.1 Å². The predicted molar refractivity (Wildman–Crippen MR) is 51.9 cm³/mol. The molecule has 2 aliphatic rings. The Bertz CT molecular complexity index is 384. The molecule has 0 unspecified atom stereocenters. The molecule has 0 bridgehead atoms. The summed E-state index contributed by atoms with van der Waals surface area (Å²) in [5.74, 6) is -0.0424. The number of allylic oxidation sites excluding steroid dienone is 5. The average molecular weight is 172 g/mol. The molecule has 1 aliphatic heterocycles. The molecule has 0 aromatic rings. The Hall–Kier alpha value is -1.77. The summed E-state index contributed by atoms with van der Waals surface area (Å²) in [7, 11) is 0. The lowest BCUT2D eigenvalue weighted by Gasteiger charge is -2.09. The SMILES string of the molecule is O=C1C=CCC2=CC=CN=CN=C12. The van der Waals surface area contributed by atoms with Crippen LogP contribution in [0.25, 0.3) is 0 Å². The van der Waals surface area contributed by atoms with Crippen LogP contribution >= 0.6 is 0 Å². The fraction of sp³-hybridized carbons (Fsp3) is 0.100. The molecular formula is C10H8N2O. The third kappa shape index (κ3) is 1.54. The normalized spacial score (nSPS) is 20.2. The Morgan fingerprint density at radius 1 is 1.38 bits per heavy atom. The van der Waals surface area contributed by atoms with Crippen LogP contribution in [0.4, 0.5) is 0 Å². The van der Waals surface area contributed by atoms with Gasteiger partial charge in [0.15, 0.2) is 0 Å². The van der Waals surface area contributed by atoms with Crippen molar-refractivity contribution in [2.75, 3.05) is 0 Å². The molecule has 0 aromatic carbocycles. The Morgan fingerprint density at radius 2 is 2.31 bits per heavy atom. The van der Waals surface area contributed by atoms with E-state index in [0.29, 0.717) is 5.71 Å². The first-order valence-corrected chi connectivity index (χ1v) is 4.04. The van der Waals surface area contributed by atoms with E-state index in [4.69, 9.17) is 0 Å². The molecule has 1 heterocycles. The molecule has 0 spiro atoms. The second-order valence-corrected chi connectivity index (χ2v) is 2.75. The predicted octanol–water partition coefficient (Wildman–Crippen LogP) is 1.44. The molecule has 0 fully saturated rings. The molecule has 3 heteroatoms. The molecular weight excluding hydrogens is 164 g/mol. The van der Waals surface area contributed by atoms with E-state index < -0.39 is 0 Å². The Morgan fingerprint density at radius 3 is 3.23 bits per heavy atom. The zero-order chi connectivity index (χ0) is 9.10. The summed E-state index contributed by atoms with van der Waals surface area (Å²) >= 11 is 0. The molecule has 0 aromatic heterocycles. The van der Waals surface area contributed by atoms with E-state index in [1.807, 2.05) is 18.2 Å². The second kappa shape index (κ2) is 3.31. The third-order valence-corrected chi connectivity index (χ3v) is 1.87. The van der Waals surface area contributed by atoms with Crippen molar-refractivity contribution < 1.29 is 4.79 Å². The highest BCUT2D eigenvalue weighted by molar-refractivity contribution is 6.51. The number of nitrogens with zero attached hydrogens (tertiary/aromatic N) is 2. The van der Waals surface area contributed by atoms with Gasteiger partial charge in [0.25, 0.3) is 0 Å². The van der Waals surface area contributed by atoms with Gasteiger partial charge in [0, 0.05) is 6.20 Å². The number of carbonyl (C=O) groups excluding carboxylic acids is 1. The van der Waals surface area contributed by atoms with Gasteiger partial charge in [-0.2, -0.15) is 0 Å². The first-order valence-electron chi connectivity index (χ1n) is 4.04. The quantitative estimate of drug-likeness (QED) is 0.545. The Labute approximate surface area is 75.9 Å². The topological polar surface area (TPSA) is 41.8 Å². The minimum absolute atomic E-state index is 0.0424. The number of fused-ring (bicyclic) bond motifs is 1. The van der Waals surface area contributed by atoms with Gasteiger partial charge in [-0.25, -0.2) is 9.98 Å². The second-order valence-electron chi connectivity index (χ2n) is 2.75. The van der Waals surface area contributed by atoms with Gasteiger partial charge in [-0.1, -0.05) is 12.2 Å². The summed E-state index contributed by atoms with van der Waals surface area (Å²) in [4.78, 5) is 19.2. The van der Waals surface area contributed by atoms with Crippen molar-refractivity contribution >= 4 is 17.8 Å². The summed E-state index contributed by atoms with van der Waals surface area (Å²) in [6.07, 6.45) is 10.9. The average Bonchev–Trinajstić information content (AvgIpc) is 2.07. The minimum Gasteiger partial charge on any atom is -0.288 e. The molecule has 0 amide bonds. The Kier molecular flexibility index (Phi) is 2.00. The maximum absolute atomic E-state index is 11.3. The fourth-order valence-electron chi connectivity index (χ4n) is 1.26. The van der Waals surface area contributed by atoms with Crippen LogP contribution in [0.5, 0.6) is 0 Å². The van der Waals surface area contributed by atoms with Crippen LogP contribution in [0.3, 0.4) is 0 Å². The van der Waals surface area contributed by atoms with Gasteiger partial charge >= 0.3 is 0 Å².